The molecule has 1 heterocycles. The summed E-state index contributed by atoms with van der Waals surface area (Å²) in [6.45, 7) is 0.112. The fraction of sp³-hybridized carbons (Fsp3) is 0.143. The molecule has 0 aliphatic carbocycles. The van der Waals surface area contributed by atoms with Gasteiger partial charge in [-0.05, 0) is 29.8 Å². The lowest BCUT2D eigenvalue weighted by molar-refractivity contribution is -0.384. The lowest BCUT2D eigenvalue weighted by Crippen LogP contribution is -2.01. The van der Waals surface area contributed by atoms with Crippen LogP contribution in [0.2, 0.25) is 0 Å². The van der Waals surface area contributed by atoms with E-state index in [9.17, 15) is 18.5 Å². The fourth-order valence-corrected chi connectivity index (χ4v) is 6.78. The first kappa shape index (κ1) is 19.5. The minimum Gasteiger partial charge on any atom is -0.489 e. The van der Waals surface area contributed by atoms with Gasteiger partial charge in [0.05, 0.1) is 20.8 Å². The molecule has 6 nitrogen and oxygen atoms in total. The van der Waals surface area contributed by atoms with E-state index in [4.69, 9.17) is 4.74 Å². The summed E-state index contributed by atoms with van der Waals surface area (Å²) < 4.78 is 31.2. The van der Waals surface area contributed by atoms with Gasteiger partial charge in [0, 0.05) is 22.6 Å². The van der Waals surface area contributed by atoms with Crippen molar-refractivity contribution in [3.8, 4) is 5.75 Å². The quantitative estimate of drug-likeness (QED) is 0.415. The normalized spacial score (nSPS) is 16.9. The van der Waals surface area contributed by atoms with Crippen LogP contribution in [-0.2, 0) is 16.4 Å². The van der Waals surface area contributed by atoms with Crippen LogP contribution in [0.25, 0.3) is 0 Å². The third kappa shape index (κ3) is 4.13. The Morgan fingerprint density at radius 3 is 2.55 bits per heavy atom. The Morgan fingerprint density at radius 2 is 1.79 bits per heavy atom. The van der Waals surface area contributed by atoms with Gasteiger partial charge in [0.1, 0.15) is 12.4 Å². The van der Waals surface area contributed by atoms with E-state index in [0.717, 1.165) is 4.90 Å². The average Bonchev–Trinajstić information content (AvgIpc) is 2.98. The van der Waals surface area contributed by atoms with Crippen LogP contribution in [0, 0.1) is 10.1 Å². The van der Waals surface area contributed by atoms with Gasteiger partial charge in [0.25, 0.3) is 5.69 Å². The van der Waals surface area contributed by atoms with Crippen molar-refractivity contribution in [2.45, 2.75) is 21.6 Å². The molecule has 148 valence electrons. The molecule has 0 spiro atoms. The topological polar surface area (TPSA) is 86.5 Å². The molecule has 0 saturated carbocycles. The highest BCUT2D eigenvalue weighted by atomic mass is 32.2. The van der Waals surface area contributed by atoms with Crippen molar-refractivity contribution in [1.82, 2.24) is 0 Å². The molecule has 0 amide bonds. The van der Waals surface area contributed by atoms with E-state index in [2.05, 4.69) is 0 Å². The maximum absolute atomic E-state index is 12.7. The average molecular weight is 428 g/mol. The minimum absolute atomic E-state index is 0.00974. The second kappa shape index (κ2) is 7.88. The molecule has 1 unspecified atom stereocenters. The van der Waals surface area contributed by atoms with Crippen LogP contribution in [0.4, 0.5) is 5.69 Å². The molecule has 0 N–H and O–H groups in total. The van der Waals surface area contributed by atoms with Crippen LogP contribution in [0.3, 0.4) is 0 Å². The Morgan fingerprint density at radius 1 is 1.03 bits per heavy atom. The van der Waals surface area contributed by atoms with E-state index in [-0.39, 0.29) is 23.3 Å². The number of rotatable bonds is 6. The molecule has 1 aliphatic heterocycles. The maximum atomic E-state index is 12.7. The Labute approximate surface area is 172 Å². The predicted octanol–water partition coefficient (Wildman–Crippen LogP) is 4.79. The molecule has 0 radical (unpaired) electrons. The van der Waals surface area contributed by atoms with Crippen molar-refractivity contribution in [2.24, 2.45) is 0 Å². The number of nitro benzene ring substituents is 1. The van der Waals surface area contributed by atoms with Crippen LogP contribution in [0.15, 0.2) is 82.6 Å². The molecular weight excluding hydrogens is 410 g/mol. The molecule has 0 saturated heterocycles. The standard InChI is InChI=1S/C21H17NO5S2/c23-22(24)16-7-4-6-15(12-16)13-27-18-10-5-11-20-21(18)19(14-29(20,25)26)28-17-8-2-1-3-9-17/h1-12,19H,13-14H2. The van der Waals surface area contributed by atoms with Gasteiger partial charge in [-0.2, -0.15) is 0 Å². The molecule has 8 heteroatoms. The SMILES string of the molecule is O=[N+]([O-])c1cccc(COc2cccc3c2C(Sc2ccccc2)CS3(=O)=O)c1. The van der Waals surface area contributed by atoms with Crippen LogP contribution in [0.1, 0.15) is 16.4 Å². The van der Waals surface area contributed by atoms with Crippen molar-refractivity contribution >= 4 is 27.3 Å². The summed E-state index contributed by atoms with van der Waals surface area (Å²) in [6.07, 6.45) is 0. The van der Waals surface area contributed by atoms with Gasteiger partial charge in [-0.1, -0.05) is 36.4 Å². The third-order valence-corrected chi connectivity index (χ3v) is 7.83. The third-order valence-electron chi connectivity index (χ3n) is 4.59. The van der Waals surface area contributed by atoms with E-state index in [1.54, 1.807) is 30.3 Å². The molecule has 0 aromatic heterocycles. The van der Waals surface area contributed by atoms with Crippen molar-refractivity contribution in [3.05, 3.63) is 94.0 Å². The Bertz CT molecular complexity index is 1160. The van der Waals surface area contributed by atoms with Gasteiger partial charge in [-0.15, -0.1) is 11.8 Å². The highest BCUT2D eigenvalue weighted by molar-refractivity contribution is 8.01. The number of nitro groups is 1. The van der Waals surface area contributed by atoms with Gasteiger partial charge >= 0.3 is 0 Å². The van der Waals surface area contributed by atoms with Crippen LogP contribution in [0.5, 0.6) is 5.75 Å². The molecule has 29 heavy (non-hydrogen) atoms. The fourth-order valence-electron chi connectivity index (χ4n) is 3.29. The van der Waals surface area contributed by atoms with Crippen molar-refractivity contribution in [1.29, 1.82) is 0 Å². The number of nitrogens with zero attached hydrogens (tertiary/aromatic N) is 1. The molecule has 3 aromatic rings. The first-order valence-electron chi connectivity index (χ1n) is 8.87. The summed E-state index contributed by atoms with van der Waals surface area (Å²) in [6, 6.07) is 20.9. The summed E-state index contributed by atoms with van der Waals surface area (Å²) >= 11 is 1.49. The van der Waals surface area contributed by atoms with Gasteiger partial charge in [-0.3, -0.25) is 10.1 Å². The highest BCUT2D eigenvalue weighted by Gasteiger charge is 2.37. The minimum atomic E-state index is -3.39. The van der Waals surface area contributed by atoms with Gasteiger partial charge in [0.2, 0.25) is 0 Å². The molecule has 1 aliphatic rings. The van der Waals surface area contributed by atoms with Gasteiger partial charge in [0.15, 0.2) is 9.84 Å². The Hall–Kier alpha value is -2.84. The first-order chi connectivity index (χ1) is 13.9. The number of thioether (sulfide) groups is 1. The molecule has 1 atom stereocenters. The maximum Gasteiger partial charge on any atom is 0.269 e. The van der Waals surface area contributed by atoms with Crippen molar-refractivity contribution in [3.63, 3.8) is 0 Å². The molecule has 4 rings (SSSR count). The monoisotopic (exact) mass is 427 g/mol. The summed E-state index contributed by atoms with van der Waals surface area (Å²) in [5, 5.41) is 10.7. The second-order valence-corrected chi connectivity index (χ2v) is 9.86. The van der Waals surface area contributed by atoms with Crippen molar-refractivity contribution < 1.29 is 18.1 Å². The summed E-state index contributed by atoms with van der Waals surface area (Å²) in [5.74, 6) is 0.502. The zero-order valence-corrected chi connectivity index (χ0v) is 16.9. The van der Waals surface area contributed by atoms with Crippen LogP contribution < -0.4 is 4.74 Å². The molecule has 0 fully saturated rings. The number of hydrogen-bond acceptors (Lipinski definition) is 6. The number of non-ortho nitro benzene ring substituents is 1. The summed E-state index contributed by atoms with van der Waals surface area (Å²) in [4.78, 5) is 11.8. The predicted molar refractivity (Wildman–Crippen MR) is 111 cm³/mol. The number of ether oxygens (including phenoxy) is 1. The molecule has 0 bridgehead atoms. The first-order valence-corrected chi connectivity index (χ1v) is 11.4. The van der Waals surface area contributed by atoms with E-state index in [1.165, 1.54) is 23.9 Å². The zero-order valence-electron chi connectivity index (χ0n) is 15.2. The van der Waals surface area contributed by atoms with Gasteiger partial charge < -0.3 is 4.74 Å². The lowest BCUT2D eigenvalue weighted by Gasteiger charge is -2.15. The lowest BCUT2D eigenvalue weighted by atomic mass is 10.1. The number of sulfone groups is 1. The number of hydrogen-bond donors (Lipinski definition) is 0. The summed E-state index contributed by atoms with van der Waals surface area (Å²) in [5.41, 5.74) is 1.29. The number of benzene rings is 3. The van der Waals surface area contributed by atoms with Gasteiger partial charge in [-0.25, -0.2) is 8.42 Å². The number of fused-ring (bicyclic) bond motifs is 1. The molecule has 3 aromatic carbocycles. The van der Waals surface area contributed by atoms with Crippen molar-refractivity contribution in [2.75, 3.05) is 5.75 Å². The van der Waals surface area contributed by atoms with Crippen LogP contribution >= 0.6 is 11.8 Å². The molecular formula is C21H17NO5S2. The van der Waals surface area contributed by atoms with E-state index in [0.29, 0.717) is 21.8 Å². The largest absolute Gasteiger partial charge is 0.489 e. The zero-order chi connectivity index (χ0) is 20.4. The summed E-state index contributed by atoms with van der Waals surface area (Å²) in [7, 11) is -3.39. The Kier molecular flexibility index (Phi) is 5.29. The van der Waals surface area contributed by atoms with E-state index in [1.807, 2.05) is 30.3 Å². The second-order valence-electron chi connectivity index (χ2n) is 6.58. The Balaban J connectivity index is 1.63. The highest BCUT2D eigenvalue weighted by Crippen LogP contribution is 2.48. The van der Waals surface area contributed by atoms with Crippen LogP contribution in [-0.4, -0.2) is 19.1 Å². The van der Waals surface area contributed by atoms with E-state index >= 15 is 0 Å². The smallest absolute Gasteiger partial charge is 0.269 e. The van der Waals surface area contributed by atoms with E-state index < -0.39 is 14.8 Å².